The van der Waals surface area contributed by atoms with E-state index in [1.807, 2.05) is 13.8 Å². The maximum Gasteiger partial charge on any atom is 0.221 e. The second-order valence-corrected chi connectivity index (χ2v) is 2.96. The topological polar surface area (TPSA) is 43.7 Å². The number of aliphatic hydroxyl groups is 2. The molecular formula is C8H19NO2. The fourth-order valence-electron chi connectivity index (χ4n) is 1.08. The molecular weight excluding hydrogens is 142 g/mol. The molecule has 0 spiro atoms. The molecule has 2 N–H and O–H groups in total. The van der Waals surface area contributed by atoms with Gasteiger partial charge in [-0.3, -0.25) is 4.90 Å². The van der Waals surface area contributed by atoms with Gasteiger partial charge in [-0.05, 0) is 12.8 Å². The van der Waals surface area contributed by atoms with E-state index < -0.39 is 5.91 Å². The molecule has 0 aromatic carbocycles. The van der Waals surface area contributed by atoms with Gasteiger partial charge in [0.1, 0.15) is 0 Å². The molecule has 0 saturated heterocycles. The van der Waals surface area contributed by atoms with Crippen molar-refractivity contribution in [1.29, 1.82) is 0 Å². The van der Waals surface area contributed by atoms with Crippen molar-refractivity contribution in [2.24, 2.45) is 0 Å². The highest BCUT2D eigenvalue weighted by molar-refractivity contribution is 4.61. The Bertz CT molecular complexity index is 92.8. The Labute approximate surface area is 68.6 Å². The van der Waals surface area contributed by atoms with Gasteiger partial charge in [-0.1, -0.05) is 13.8 Å². The zero-order valence-corrected chi connectivity index (χ0v) is 7.67. The van der Waals surface area contributed by atoms with Crippen molar-refractivity contribution in [3.05, 3.63) is 0 Å². The summed E-state index contributed by atoms with van der Waals surface area (Å²) in [5, 5.41) is 18.4. The molecule has 0 rings (SSSR count). The lowest BCUT2D eigenvalue weighted by Crippen LogP contribution is -2.46. The van der Waals surface area contributed by atoms with Crippen molar-refractivity contribution in [2.75, 3.05) is 13.1 Å². The predicted molar refractivity (Wildman–Crippen MR) is 45.0 cm³/mol. The Morgan fingerprint density at radius 3 is 1.64 bits per heavy atom. The minimum absolute atomic E-state index is 0.733. The molecule has 0 aromatic heterocycles. The summed E-state index contributed by atoms with van der Waals surface area (Å²) in [6.45, 7) is 6.91. The van der Waals surface area contributed by atoms with Gasteiger partial charge in [-0.15, -0.1) is 0 Å². The largest absolute Gasteiger partial charge is 0.353 e. The lowest BCUT2D eigenvalue weighted by Gasteiger charge is -2.31. The molecule has 0 amide bonds. The van der Waals surface area contributed by atoms with Gasteiger partial charge >= 0.3 is 0 Å². The molecule has 0 aliphatic carbocycles. The van der Waals surface area contributed by atoms with Crippen LogP contribution in [0.15, 0.2) is 0 Å². The molecule has 0 unspecified atom stereocenters. The molecule has 0 bridgehead atoms. The van der Waals surface area contributed by atoms with E-state index >= 15 is 0 Å². The number of nitrogens with zero attached hydrogens (tertiary/aromatic N) is 1. The van der Waals surface area contributed by atoms with Gasteiger partial charge in [0.05, 0.1) is 0 Å². The molecule has 0 aliphatic heterocycles. The Balaban J connectivity index is 3.88. The Hall–Kier alpha value is -0.120. The molecule has 0 fully saturated rings. The molecule has 68 valence electrons. The van der Waals surface area contributed by atoms with Crippen molar-refractivity contribution in [2.45, 2.75) is 39.5 Å². The van der Waals surface area contributed by atoms with Crippen LogP contribution in [0.25, 0.3) is 0 Å². The second-order valence-electron chi connectivity index (χ2n) is 2.96. The van der Waals surface area contributed by atoms with Crippen LogP contribution in [0.2, 0.25) is 0 Å². The van der Waals surface area contributed by atoms with Crippen LogP contribution < -0.4 is 0 Å². The van der Waals surface area contributed by atoms with Gasteiger partial charge in [0.15, 0.2) is 0 Å². The van der Waals surface area contributed by atoms with Gasteiger partial charge in [0.25, 0.3) is 0 Å². The van der Waals surface area contributed by atoms with E-state index in [4.69, 9.17) is 0 Å². The molecule has 0 heterocycles. The van der Waals surface area contributed by atoms with Crippen LogP contribution in [0.3, 0.4) is 0 Å². The van der Waals surface area contributed by atoms with Crippen molar-refractivity contribution in [1.82, 2.24) is 4.90 Å². The predicted octanol–water partition coefficient (Wildman–Crippen LogP) is 0.767. The third kappa shape index (κ3) is 4.35. The zero-order chi connectivity index (χ0) is 8.91. The summed E-state index contributed by atoms with van der Waals surface area (Å²) < 4.78 is 0. The highest BCUT2D eigenvalue weighted by Gasteiger charge is 2.23. The van der Waals surface area contributed by atoms with Crippen LogP contribution in [0, 0.1) is 0 Å². The fraction of sp³-hybridized carbons (Fsp3) is 1.00. The summed E-state index contributed by atoms with van der Waals surface area (Å²) in [5.74, 6) is -1.65. The van der Waals surface area contributed by atoms with E-state index in [1.165, 1.54) is 6.92 Å². The Morgan fingerprint density at radius 1 is 1.09 bits per heavy atom. The maximum absolute atomic E-state index is 9.22. The Kier molecular flexibility index (Phi) is 4.65. The highest BCUT2D eigenvalue weighted by atomic mass is 16.5. The summed E-state index contributed by atoms with van der Waals surface area (Å²) in [5.41, 5.74) is 0. The van der Waals surface area contributed by atoms with Gasteiger partial charge < -0.3 is 10.2 Å². The van der Waals surface area contributed by atoms with Gasteiger partial charge in [0.2, 0.25) is 5.91 Å². The van der Waals surface area contributed by atoms with E-state index in [9.17, 15) is 10.2 Å². The normalized spacial score (nSPS) is 12.5. The van der Waals surface area contributed by atoms with Crippen molar-refractivity contribution >= 4 is 0 Å². The highest BCUT2D eigenvalue weighted by Crippen LogP contribution is 2.07. The van der Waals surface area contributed by atoms with Crippen LogP contribution in [0.1, 0.15) is 33.6 Å². The average Bonchev–Trinajstić information content (AvgIpc) is 1.85. The summed E-state index contributed by atoms with van der Waals surface area (Å²) in [7, 11) is 0. The Morgan fingerprint density at radius 2 is 1.45 bits per heavy atom. The third-order valence-corrected chi connectivity index (χ3v) is 1.59. The fourth-order valence-corrected chi connectivity index (χ4v) is 1.08. The number of hydrogen-bond donors (Lipinski definition) is 2. The van der Waals surface area contributed by atoms with E-state index in [1.54, 1.807) is 4.90 Å². The smallest absolute Gasteiger partial charge is 0.221 e. The minimum atomic E-state index is -1.65. The molecule has 3 heteroatoms. The monoisotopic (exact) mass is 161 g/mol. The first-order valence-corrected chi connectivity index (χ1v) is 4.22. The first kappa shape index (κ1) is 10.9. The first-order valence-electron chi connectivity index (χ1n) is 4.22. The lowest BCUT2D eigenvalue weighted by atomic mass is 10.3. The van der Waals surface area contributed by atoms with Crippen LogP contribution in [-0.4, -0.2) is 34.1 Å². The molecule has 11 heavy (non-hydrogen) atoms. The lowest BCUT2D eigenvalue weighted by molar-refractivity contribution is -0.250. The maximum atomic E-state index is 9.22. The summed E-state index contributed by atoms with van der Waals surface area (Å²) >= 11 is 0. The molecule has 0 atom stereocenters. The molecule has 0 aromatic rings. The standard InChI is InChI=1S/C8H19NO2/c1-4-6-9(7-5-2)8(3,10)11/h10-11H,4-7H2,1-3H3. The quantitative estimate of drug-likeness (QED) is 0.585. The molecule has 3 nitrogen and oxygen atoms in total. The van der Waals surface area contributed by atoms with Crippen LogP contribution in [0.4, 0.5) is 0 Å². The first-order chi connectivity index (χ1) is 5.02. The number of rotatable bonds is 5. The van der Waals surface area contributed by atoms with Crippen molar-refractivity contribution in [3.8, 4) is 0 Å². The van der Waals surface area contributed by atoms with Gasteiger partial charge in [0, 0.05) is 20.0 Å². The molecule has 0 saturated carbocycles. The second kappa shape index (κ2) is 4.70. The van der Waals surface area contributed by atoms with Crippen LogP contribution >= 0.6 is 0 Å². The van der Waals surface area contributed by atoms with Gasteiger partial charge in [-0.25, -0.2) is 0 Å². The van der Waals surface area contributed by atoms with Crippen LogP contribution in [0.5, 0.6) is 0 Å². The molecule has 0 radical (unpaired) electrons. The van der Waals surface area contributed by atoms with Crippen LogP contribution in [-0.2, 0) is 0 Å². The summed E-state index contributed by atoms with van der Waals surface area (Å²) in [6, 6.07) is 0. The van der Waals surface area contributed by atoms with Gasteiger partial charge in [-0.2, -0.15) is 0 Å². The minimum Gasteiger partial charge on any atom is -0.353 e. The summed E-state index contributed by atoms with van der Waals surface area (Å²) in [4.78, 5) is 1.66. The van der Waals surface area contributed by atoms with E-state index in [2.05, 4.69) is 0 Å². The van der Waals surface area contributed by atoms with E-state index in [0.717, 1.165) is 25.9 Å². The zero-order valence-electron chi connectivity index (χ0n) is 7.67. The molecule has 0 aliphatic rings. The van der Waals surface area contributed by atoms with E-state index in [0.29, 0.717) is 0 Å². The SMILES string of the molecule is CCCN(CCC)C(C)(O)O. The third-order valence-electron chi connectivity index (χ3n) is 1.59. The van der Waals surface area contributed by atoms with Crippen molar-refractivity contribution in [3.63, 3.8) is 0 Å². The summed E-state index contributed by atoms with van der Waals surface area (Å²) in [6.07, 6.45) is 1.88. The number of hydrogen-bond acceptors (Lipinski definition) is 3. The van der Waals surface area contributed by atoms with Crippen molar-refractivity contribution < 1.29 is 10.2 Å². The van der Waals surface area contributed by atoms with E-state index in [-0.39, 0.29) is 0 Å². The average molecular weight is 161 g/mol.